The second kappa shape index (κ2) is 4.09. The molecule has 2 atom stereocenters. The van der Waals surface area contributed by atoms with Gasteiger partial charge in [-0.25, -0.2) is 0 Å². The van der Waals surface area contributed by atoms with Crippen molar-refractivity contribution >= 4 is 6.29 Å². The van der Waals surface area contributed by atoms with E-state index in [2.05, 4.69) is 0 Å². The molecule has 1 rings (SSSR count). The van der Waals surface area contributed by atoms with Crippen molar-refractivity contribution in [3.63, 3.8) is 0 Å². The Balaban J connectivity index is 2.38. The second-order valence-corrected chi connectivity index (χ2v) is 3.23. The molecule has 0 aliphatic carbocycles. The van der Waals surface area contributed by atoms with Crippen molar-refractivity contribution in [3.8, 4) is 0 Å². The Hall–Kier alpha value is -0.580. The van der Waals surface area contributed by atoms with Crippen LogP contribution in [0.2, 0.25) is 0 Å². The van der Waals surface area contributed by atoms with Crippen LogP contribution in [0.4, 0.5) is 13.2 Å². The maximum atomic E-state index is 11.9. The van der Waals surface area contributed by atoms with Crippen molar-refractivity contribution in [2.75, 3.05) is 6.61 Å². The van der Waals surface area contributed by atoms with E-state index >= 15 is 0 Å². The van der Waals surface area contributed by atoms with Gasteiger partial charge in [0, 0.05) is 12.5 Å². The fourth-order valence-corrected chi connectivity index (χ4v) is 1.43. The first-order chi connectivity index (χ1) is 6.01. The number of carbonyl (C=O) groups excluding carboxylic acids is 1. The summed E-state index contributed by atoms with van der Waals surface area (Å²) in [6, 6.07) is 0. The van der Waals surface area contributed by atoms with E-state index in [-0.39, 0.29) is 18.9 Å². The molecule has 2 nitrogen and oxygen atoms in total. The van der Waals surface area contributed by atoms with E-state index in [0.717, 1.165) is 0 Å². The lowest BCUT2D eigenvalue weighted by Gasteiger charge is -2.27. The Morgan fingerprint density at radius 2 is 2.15 bits per heavy atom. The zero-order valence-electron chi connectivity index (χ0n) is 7.01. The normalized spacial score (nSPS) is 30.1. The smallest absolute Gasteiger partial charge is 0.378 e. The molecule has 5 heteroatoms. The Labute approximate surface area is 74.1 Å². The number of hydrogen-bond acceptors (Lipinski definition) is 2. The first-order valence-electron chi connectivity index (χ1n) is 4.15. The van der Waals surface area contributed by atoms with Gasteiger partial charge in [0.2, 0.25) is 0 Å². The zero-order valence-corrected chi connectivity index (χ0v) is 7.01. The molecule has 0 aromatic carbocycles. The molecule has 0 spiro atoms. The average molecular weight is 196 g/mol. The molecule has 1 heterocycles. The van der Waals surface area contributed by atoms with Crippen molar-refractivity contribution < 1.29 is 22.7 Å². The van der Waals surface area contributed by atoms with E-state index in [1.807, 2.05) is 0 Å². The Morgan fingerprint density at radius 1 is 1.46 bits per heavy atom. The van der Waals surface area contributed by atoms with Gasteiger partial charge in [-0.2, -0.15) is 13.2 Å². The number of halogens is 3. The first kappa shape index (κ1) is 10.5. The summed E-state index contributed by atoms with van der Waals surface area (Å²) in [7, 11) is 0. The molecule has 76 valence electrons. The minimum atomic E-state index is -4.20. The van der Waals surface area contributed by atoms with Crippen LogP contribution in [0.3, 0.4) is 0 Å². The number of ether oxygens (including phenoxy) is 1. The molecule has 0 bridgehead atoms. The number of hydrogen-bond donors (Lipinski definition) is 0. The summed E-state index contributed by atoms with van der Waals surface area (Å²) in [6.45, 7) is 0.254. The van der Waals surface area contributed by atoms with Gasteiger partial charge < -0.3 is 9.53 Å². The Morgan fingerprint density at radius 3 is 2.69 bits per heavy atom. The summed E-state index contributed by atoms with van der Waals surface area (Å²) in [5, 5.41) is 0. The fraction of sp³-hybridized carbons (Fsp3) is 0.875. The lowest BCUT2D eigenvalue weighted by atomic mass is 9.95. The molecule has 0 radical (unpaired) electrons. The minimum Gasteiger partial charge on any atom is -0.378 e. The van der Waals surface area contributed by atoms with Gasteiger partial charge in [-0.1, -0.05) is 0 Å². The van der Waals surface area contributed by atoms with E-state index in [0.29, 0.717) is 12.7 Å². The molecule has 0 saturated carbocycles. The third kappa shape index (κ3) is 3.76. The van der Waals surface area contributed by atoms with Gasteiger partial charge in [-0.05, 0) is 12.8 Å². The molecule has 1 saturated heterocycles. The average Bonchev–Trinajstić information content (AvgIpc) is 2.01. The second-order valence-electron chi connectivity index (χ2n) is 3.23. The summed E-state index contributed by atoms with van der Waals surface area (Å²) in [5.74, 6) is -0.263. The number of rotatable bonds is 2. The lowest BCUT2D eigenvalue weighted by molar-refractivity contribution is -0.169. The molecule has 1 fully saturated rings. The van der Waals surface area contributed by atoms with Crippen LogP contribution in [0.5, 0.6) is 0 Å². The summed E-state index contributed by atoms with van der Waals surface area (Å²) in [4.78, 5) is 10.3. The molecule has 13 heavy (non-hydrogen) atoms. The van der Waals surface area contributed by atoms with Crippen molar-refractivity contribution in [3.05, 3.63) is 0 Å². The van der Waals surface area contributed by atoms with E-state index in [1.54, 1.807) is 0 Å². The number of carbonyl (C=O) groups is 1. The highest BCUT2D eigenvalue weighted by molar-refractivity contribution is 5.53. The van der Waals surface area contributed by atoms with E-state index < -0.39 is 18.7 Å². The highest BCUT2D eigenvalue weighted by Gasteiger charge is 2.35. The van der Waals surface area contributed by atoms with E-state index in [4.69, 9.17) is 4.74 Å². The third-order valence-electron chi connectivity index (χ3n) is 2.06. The van der Waals surface area contributed by atoms with Gasteiger partial charge in [0.25, 0.3) is 0 Å². The van der Waals surface area contributed by atoms with Gasteiger partial charge in [-0.15, -0.1) is 0 Å². The standard InChI is InChI=1S/C8H11F3O2/c9-8(10,11)4-7-3-6(5-12)1-2-13-7/h5-7H,1-4H2. The monoisotopic (exact) mass is 196 g/mol. The zero-order chi connectivity index (χ0) is 9.90. The van der Waals surface area contributed by atoms with Crippen LogP contribution < -0.4 is 0 Å². The lowest BCUT2D eigenvalue weighted by Crippen LogP contribution is -2.30. The summed E-state index contributed by atoms with van der Waals surface area (Å²) >= 11 is 0. The van der Waals surface area contributed by atoms with Gasteiger partial charge in [0.1, 0.15) is 6.29 Å². The highest BCUT2D eigenvalue weighted by Crippen LogP contribution is 2.29. The molecule has 0 amide bonds. The van der Waals surface area contributed by atoms with Gasteiger partial charge >= 0.3 is 6.18 Å². The highest BCUT2D eigenvalue weighted by atomic mass is 19.4. The van der Waals surface area contributed by atoms with E-state index in [9.17, 15) is 18.0 Å². The van der Waals surface area contributed by atoms with Gasteiger partial charge in [-0.3, -0.25) is 0 Å². The molecule has 0 aromatic heterocycles. The van der Waals surface area contributed by atoms with Crippen LogP contribution in [0.25, 0.3) is 0 Å². The maximum Gasteiger partial charge on any atom is 0.391 e. The van der Waals surface area contributed by atoms with Crippen LogP contribution in [-0.4, -0.2) is 25.2 Å². The largest absolute Gasteiger partial charge is 0.391 e. The van der Waals surface area contributed by atoms with Gasteiger partial charge in [0.15, 0.2) is 0 Å². The van der Waals surface area contributed by atoms with Crippen LogP contribution in [0.1, 0.15) is 19.3 Å². The topological polar surface area (TPSA) is 26.3 Å². The molecule has 1 aliphatic heterocycles. The predicted molar refractivity (Wildman–Crippen MR) is 39.2 cm³/mol. The molecule has 0 aromatic rings. The van der Waals surface area contributed by atoms with Crippen LogP contribution >= 0.6 is 0 Å². The maximum absolute atomic E-state index is 11.9. The SMILES string of the molecule is O=CC1CCOC(CC(F)(F)F)C1. The van der Waals surface area contributed by atoms with Crippen LogP contribution in [0, 0.1) is 5.92 Å². The van der Waals surface area contributed by atoms with E-state index in [1.165, 1.54) is 0 Å². The Kier molecular flexibility index (Phi) is 3.30. The Bertz CT molecular complexity index is 179. The van der Waals surface area contributed by atoms with Crippen LogP contribution in [-0.2, 0) is 9.53 Å². The molecule has 1 aliphatic rings. The van der Waals surface area contributed by atoms with Crippen molar-refractivity contribution in [1.29, 1.82) is 0 Å². The van der Waals surface area contributed by atoms with Crippen LogP contribution in [0.15, 0.2) is 0 Å². The third-order valence-corrected chi connectivity index (χ3v) is 2.06. The predicted octanol–water partition coefficient (Wildman–Crippen LogP) is 1.93. The number of alkyl halides is 3. The molecular formula is C8H11F3O2. The fourth-order valence-electron chi connectivity index (χ4n) is 1.43. The first-order valence-corrected chi connectivity index (χ1v) is 4.15. The molecule has 2 unspecified atom stereocenters. The molecular weight excluding hydrogens is 185 g/mol. The summed E-state index contributed by atoms with van der Waals surface area (Å²) in [5.41, 5.74) is 0. The number of aldehydes is 1. The van der Waals surface area contributed by atoms with Gasteiger partial charge in [0.05, 0.1) is 12.5 Å². The summed E-state index contributed by atoms with van der Waals surface area (Å²) < 4.78 is 40.6. The van der Waals surface area contributed by atoms with Crippen molar-refractivity contribution in [2.24, 2.45) is 5.92 Å². The quantitative estimate of drug-likeness (QED) is 0.631. The summed E-state index contributed by atoms with van der Waals surface area (Å²) in [6.07, 6.45) is -4.52. The van der Waals surface area contributed by atoms with Crippen molar-refractivity contribution in [2.45, 2.75) is 31.5 Å². The van der Waals surface area contributed by atoms with Crippen molar-refractivity contribution in [1.82, 2.24) is 0 Å². The minimum absolute atomic E-state index is 0.197. The molecule has 0 N–H and O–H groups in total.